The maximum atomic E-state index is 10.3. The van der Waals surface area contributed by atoms with Crippen LogP contribution in [0.15, 0.2) is 6.33 Å². The number of aliphatic hydroxyl groups is 3. The molecule has 3 rings (SSSR count). The highest BCUT2D eigenvalue weighted by Gasteiger charge is 2.45. The Labute approximate surface area is 138 Å². The summed E-state index contributed by atoms with van der Waals surface area (Å²) in [5, 5.41) is 29.7. The van der Waals surface area contributed by atoms with Crippen molar-refractivity contribution >= 4 is 17.0 Å². The zero-order valence-corrected chi connectivity index (χ0v) is 13.3. The molecule has 10 nitrogen and oxygen atoms in total. The zero-order chi connectivity index (χ0) is 17.4. The molecule has 1 aliphatic rings. The number of hydrogen-bond donors (Lipinski definition) is 5. The molecule has 0 radical (unpaired) electrons. The van der Waals surface area contributed by atoms with Gasteiger partial charge >= 0.3 is 0 Å². The number of nitrogens with two attached hydrogens (primary N) is 2. The predicted molar refractivity (Wildman–Crippen MR) is 84.6 cm³/mol. The van der Waals surface area contributed by atoms with Crippen LogP contribution >= 0.6 is 0 Å². The first-order chi connectivity index (χ1) is 11.5. The summed E-state index contributed by atoms with van der Waals surface area (Å²) in [5.74, 6) is 0.629. The third-order valence-corrected chi connectivity index (χ3v) is 4.24. The third-order valence-electron chi connectivity index (χ3n) is 4.24. The van der Waals surface area contributed by atoms with Crippen molar-refractivity contribution in [2.45, 2.75) is 50.3 Å². The van der Waals surface area contributed by atoms with Crippen molar-refractivity contribution in [2.75, 3.05) is 12.3 Å². The van der Waals surface area contributed by atoms with Crippen LogP contribution < -0.4 is 11.5 Å². The summed E-state index contributed by atoms with van der Waals surface area (Å²) in [6, 6.07) is -0.426. The molecule has 24 heavy (non-hydrogen) atoms. The van der Waals surface area contributed by atoms with Crippen LogP contribution in [0.2, 0.25) is 0 Å². The molecule has 1 fully saturated rings. The standard InChI is InChI=1S/C14H22N6O4/c1-2-3-6(15)12-19-8-11(16)17-5-18-13(8)20(12)14-10(23)9(22)7(4-21)24-14/h5-7,9-10,14,21-23H,2-4,15H2,1H3,(H2,16,17,18)/t6?,7-,9-,10-,14-/m1/s1. The van der Waals surface area contributed by atoms with Crippen molar-refractivity contribution in [3.05, 3.63) is 12.2 Å². The number of fused-ring (bicyclic) bond motifs is 1. The molecular weight excluding hydrogens is 316 g/mol. The van der Waals surface area contributed by atoms with E-state index in [0.717, 1.165) is 6.42 Å². The summed E-state index contributed by atoms with van der Waals surface area (Å²) in [7, 11) is 0. The summed E-state index contributed by atoms with van der Waals surface area (Å²) >= 11 is 0. The molecule has 5 atom stereocenters. The number of aliphatic hydroxyl groups excluding tert-OH is 3. The lowest BCUT2D eigenvalue weighted by Crippen LogP contribution is -2.33. The Morgan fingerprint density at radius 1 is 1.33 bits per heavy atom. The van der Waals surface area contributed by atoms with Gasteiger partial charge in [0.2, 0.25) is 0 Å². The van der Waals surface area contributed by atoms with Gasteiger partial charge in [0.25, 0.3) is 0 Å². The van der Waals surface area contributed by atoms with E-state index < -0.39 is 37.2 Å². The minimum atomic E-state index is -1.26. The van der Waals surface area contributed by atoms with E-state index in [1.54, 1.807) is 0 Å². The second-order valence-electron chi connectivity index (χ2n) is 5.90. The van der Waals surface area contributed by atoms with Crippen molar-refractivity contribution in [1.82, 2.24) is 19.5 Å². The topological polar surface area (TPSA) is 166 Å². The van der Waals surface area contributed by atoms with Gasteiger partial charge in [-0.25, -0.2) is 15.0 Å². The molecule has 2 aromatic rings. The molecule has 1 unspecified atom stereocenters. The summed E-state index contributed by atoms with van der Waals surface area (Å²) in [5.41, 5.74) is 12.8. The lowest BCUT2D eigenvalue weighted by atomic mass is 10.1. The highest BCUT2D eigenvalue weighted by molar-refractivity contribution is 5.82. The number of nitrogen functional groups attached to an aromatic ring is 1. The average molecular weight is 338 g/mol. The largest absolute Gasteiger partial charge is 0.394 e. The third kappa shape index (κ3) is 2.62. The quantitative estimate of drug-likeness (QED) is 0.451. The molecule has 1 saturated heterocycles. The lowest BCUT2D eigenvalue weighted by molar-refractivity contribution is -0.0527. The fraction of sp³-hybridized carbons (Fsp3) is 0.643. The summed E-state index contributed by atoms with van der Waals surface area (Å²) in [4.78, 5) is 12.5. The van der Waals surface area contributed by atoms with Crippen LogP contribution in [0, 0.1) is 0 Å². The van der Waals surface area contributed by atoms with Crippen molar-refractivity contribution in [3.63, 3.8) is 0 Å². The smallest absolute Gasteiger partial charge is 0.167 e. The zero-order valence-electron chi connectivity index (χ0n) is 13.3. The number of imidazole rings is 1. The molecule has 132 valence electrons. The van der Waals surface area contributed by atoms with Gasteiger partial charge in [0.05, 0.1) is 12.6 Å². The molecular formula is C14H22N6O4. The first-order valence-electron chi connectivity index (χ1n) is 7.85. The Morgan fingerprint density at radius 2 is 2.08 bits per heavy atom. The van der Waals surface area contributed by atoms with Crippen molar-refractivity contribution in [1.29, 1.82) is 0 Å². The van der Waals surface area contributed by atoms with E-state index in [2.05, 4.69) is 15.0 Å². The number of aromatic nitrogens is 4. The monoisotopic (exact) mass is 338 g/mol. The van der Waals surface area contributed by atoms with E-state index >= 15 is 0 Å². The van der Waals surface area contributed by atoms with Crippen molar-refractivity contribution in [3.8, 4) is 0 Å². The number of ether oxygens (including phenoxy) is 1. The van der Waals surface area contributed by atoms with Crippen molar-refractivity contribution < 1.29 is 20.1 Å². The summed E-state index contributed by atoms with van der Waals surface area (Å²) in [6.07, 6.45) is -1.60. The second-order valence-corrected chi connectivity index (χ2v) is 5.90. The van der Waals surface area contributed by atoms with Gasteiger partial charge in [-0.3, -0.25) is 4.57 Å². The lowest BCUT2D eigenvalue weighted by Gasteiger charge is -2.21. The number of nitrogens with zero attached hydrogens (tertiary/aromatic N) is 4. The Bertz CT molecular complexity index is 723. The van der Waals surface area contributed by atoms with Gasteiger partial charge in [0, 0.05) is 0 Å². The molecule has 1 aliphatic heterocycles. The van der Waals surface area contributed by atoms with Crippen LogP contribution in [-0.2, 0) is 4.74 Å². The van der Waals surface area contributed by atoms with Crippen LogP contribution in [0.4, 0.5) is 5.82 Å². The Morgan fingerprint density at radius 3 is 2.71 bits per heavy atom. The van der Waals surface area contributed by atoms with Crippen LogP contribution in [0.1, 0.15) is 37.9 Å². The van der Waals surface area contributed by atoms with E-state index in [4.69, 9.17) is 16.2 Å². The van der Waals surface area contributed by atoms with Gasteiger partial charge in [-0.1, -0.05) is 13.3 Å². The predicted octanol–water partition coefficient (Wildman–Crippen LogP) is -1.18. The van der Waals surface area contributed by atoms with E-state index in [-0.39, 0.29) is 5.82 Å². The van der Waals surface area contributed by atoms with Crippen LogP contribution in [0.25, 0.3) is 11.2 Å². The van der Waals surface area contributed by atoms with Gasteiger partial charge in [0.1, 0.15) is 30.5 Å². The second kappa shape index (κ2) is 6.57. The van der Waals surface area contributed by atoms with Gasteiger partial charge < -0.3 is 31.5 Å². The van der Waals surface area contributed by atoms with Gasteiger partial charge in [-0.2, -0.15) is 0 Å². The molecule has 0 spiro atoms. The molecule has 0 bridgehead atoms. The molecule has 0 saturated carbocycles. The molecule has 2 aromatic heterocycles. The minimum absolute atomic E-state index is 0.190. The molecule has 0 aliphatic carbocycles. The van der Waals surface area contributed by atoms with Crippen LogP contribution in [0.5, 0.6) is 0 Å². The van der Waals surface area contributed by atoms with Gasteiger partial charge in [0.15, 0.2) is 23.2 Å². The van der Waals surface area contributed by atoms with E-state index in [0.29, 0.717) is 23.4 Å². The molecule has 0 aromatic carbocycles. The van der Waals surface area contributed by atoms with Crippen LogP contribution in [-0.4, -0.2) is 59.8 Å². The Kier molecular flexibility index (Phi) is 4.65. The van der Waals surface area contributed by atoms with E-state index in [9.17, 15) is 15.3 Å². The SMILES string of the molecule is CCCC(N)c1nc2c(N)ncnc2n1[C@@H]1O[C@H](CO)[C@@H](O)[C@H]1O. The highest BCUT2D eigenvalue weighted by Crippen LogP contribution is 2.35. The summed E-state index contributed by atoms with van der Waals surface area (Å²) in [6.45, 7) is 1.57. The Balaban J connectivity index is 2.14. The Hall–Kier alpha value is -1.85. The van der Waals surface area contributed by atoms with E-state index in [1.165, 1.54) is 10.9 Å². The van der Waals surface area contributed by atoms with Crippen LogP contribution in [0.3, 0.4) is 0 Å². The first-order valence-corrected chi connectivity index (χ1v) is 7.85. The normalized spacial score (nSPS) is 28.5. The van der Waals surface area contributed by atoms with E-state index in [1.807, 2.05) is 6.92 Å². The van der Waals surface area contributed by atoms with Gasteiger partial charge in [-0.05, 0) is 6.42 Å². The molecule has 0 amide bonds. The molecule has 3 heterocycles. The minimum Gasteiger partial charge on any atom is -0.394 e. The van der Waals surface area contributed by atoms with Crippen molar-refractivity contribution in [2.24, 2.45) is 5.73 Å². The number of anilines is 1. The fourth-order valence-corrected chi connectivity index (χ4v) is 2.99. The fourth-order valence-electron chi connectivity index (χ4n) is 2.99. The molecule has 10 heteroatoms. The summed E-state index contributed by atoms with van der Waals surface area (Å²) < 4.78 is 7.15. The maximum Gasteiger partial charge on any atom is 0.167 e. The molecule has 7 N–H and O–H groups in total. The number of hydrogen-bond acceptors (Lipinski definition) is 9. The first kappa shape index (κ1) is 17.0. The maximum absolute atomic E-state index is 10.3. The van der Waals surface area contributed by atoms with Gasteiger partial charge in [-0.15, -0.1) is 0 Å². The average Bonchev–Trinajstić information content (AvgIpc) is 3.08. The number of rotatable bonds is 5. The highest BCUT2D eigenvalue weighted by atomic mass is 16.6.